The first-order valence-corrected chi connectivity index (χ1v) is 12.1. The highest BCUT2D eigenvalue weighted by molar-refractivity contribution is 8.16. The SMILES string of the molecule is O=C(Cc1ccc(Cl)cc1)N=C1S[C@@H]2CS(=O)(=O)C[C@H]2N1c1ccc(Cl)c(F)c1. The van der Waals surface area contributed by atoms with Gasteiger partial charge in [0.05, 0.1) is 29.0 Å². The molecule has 2 aromatic carbocycles. The molecule has 0 bridgehead atoms. The van der Waals surface area contributed by atoms with Gasteiger partial charge in [-0.25, -0.2) is 12.8 Å². The monoisotopic (exact) mass is 472 g/mol. The molecule has 2 aliphatic rings. The standard InChI is InChI=1S/C19H15Cl2FN2O3S2/c20-12-3-1-11(2-4-12)7-18(25)23-19-24(13-5-6-14(21)15(22)8-13)16-9-29(26,27)10-17(16)28-19/h1-6,8,16-17H,7,9-10H2/t16-,17-/m1/s1. The molecule has 1 amide bonds. The first-order valence-electron chi connectivity index (χ1n) is 8.69. The van der Waals surface area contributed by atoms with Crippen LogP contribution in [0.3, 0.4) is 0 Å². The van der Waals surface area contributed by atoms with Crippen LogP contribution in [0.4, 0.5) is 10.1 Å². The fourth-order valence-electron chi connectivity index (χ4n) is 3.42. The number of carbonyl (C=O) groups excluding carboxylic acids is 1. The lowest BCUT2D eigenvalue weighted by atomic mass is 10.1. The van der Waals surface area contributed by atoms with E-state index in [1.807, 2.05) is 0 Å². The second-order valence-corrected chi connectivity index (χ2v) is 11.1. The maximum Gasteiger partial charge on any atom is 0.252 e. The van der Waals surface area contributed by atoms with Crippen molar-refractivity contribution >= 4 is 61.6 Å². The molecule has 0 radical (unpaired) electrons. The summed E-state index contributed by atoms with van der Waals surface area (Å²) in [7, 11) is -3.20. The Morgan fingerprint density at radius 3 is 2.59 bits per heavy atom. The fourth-order valence-corrected chi connectivity index (χ4v) is 7.60. The van der Waals surface area contributed by atoms with Crippen LogP contribution in [0.15, 0.2) is 47.5 Å². The summed E-state index contributed by atoms with van der Waals surface area (Å²) in [5, 5.41) is 0.647. The first-order chi connectivity index (χ1) is 13.7. The van der Waals surface area contributed by atoms with Gasteiger partial charge in [-0.1, -0.05) is 47.1 Å². The lowest BCUT2D eigenvalue weighted by Gasteiger charge is -2.24. The van der Waals surface area contributed by atoms with Crippen LogP contribution in [-0.2, 0) is 21.1 Å². The summed E-state index contributed by atoms with van der Waals surface area (Å²) >= 11 is 12.9. The average Bonchev–Trinajstić information content (AvgIpc) is 3.10. The zero-order valence-corrected chi connectivity index (χ0v) is 18.0. The fraction of sp³-hybridized carbons (Fsp3) is 0.263. The van der Waals surface area contributed by atoms with Gasteiger partial charge in [-0.3, -0.25) is 4.79 Å². The van der Waals surface area contributed by atoms with Gasteiger partial charge in [-0.15, -0.1) is 0 Å². The number of hydrogen-bond acceptors (Lipinski definition) is 4. The lowest BCUT2D eigenvalue weighted by molar-refractivity contribution is -0.117. The number of hydrogen-bond donors (Lipinski definition) is 0. The van der Waals surface area contributed by atoms with E-state index in [2.05, 4.69) is 4.99 Å². The third-order valence-corrected chi connectivity index (χ3v) is 8.51. The summed E-state index contributed by atoms with van der Waals surface area (Å²) < 4.78 is 38.2. The topological polar surface area (TPSA) is 66.8 Å². The van der Waals surface area contributed by atoms with Gasteiger partial charge < -0.3 is 4.90 Å². The van der Waals surface area contributed by atoms with Crippen molar-refractivity contribution in [1.29, 1.82) is 0 Å². The Morgan fingerprint density at radius 2 is 1.90 bits per heavy atom. The van der Waals surface area contributed by atoms with Crippen LogP contribution in [0.5, 0.6) is 0 Å². The van der Waals surface area contributed by atoms with Crippen LogP contribution in [0, 0.1) is 5.82 Å². The van der Waals surface area contributed by atoms with Crippen molar-refractivity contribution in [3.63, 3.8) is 0 Å². The van der Waals surface area contributed by atoms with Crippen LogP contribution in [-0.4, -0.2) is 42.3 Å². The molecule has 2 aromatic rings. The second-order valence-electron chi connectivity index (χ2n) is 6.86. The number of amides is 1. The van der Waals surface area contributed by atoms with Gasteiger partial charge in [0.2, 0.25) is 0 Å². The van der Waals surface area contributed by atoms with E-state index in [0.29, 0.717) is 15.9 Å². The van der Waals surface area contributed by atoms with Crippen LogP contribution in [0.1, 0.15) is 5.56 Å². The second kappa shape index (κ2) is 7.91. The molecular formula is C19H15Cl2FN2O3S2. The molecule has 5 nitrogen and oxygen atoms in total. The van der Waals surface area contributed by atoms with E-state index in [1.165, 1.54) is 23.9 Å². The minimum atomic E-state index is -3.20. The van der Waals surface area contributed by atoms with E-state index >= 15 is 0 Å². The third kappa shape index (κ3) is 4.45. The predicted molar refractivity (Wildman–Crippen MR) is 115 cm³/mol. The molecule has 2 fully saturated rings. The quantitative estimate of drug-likeness (QED) is 0.675. The number of benzene rings is 2. The van der Waals surface area contributed by atoms with E-state index in [9.17, 15) is 17.6 Å². The molecule has 0 aromatic heterocycles. The maximum absolute atomic E-state index is 14.0. The van der Waals surface area contributed by atoms with E-state index in [1.54, 1.807) is 35.2 Å². The Balaban J connectivity index is 1.65. The van der Waals surface area contributed by atoms with Crippen LogP contribution in [0.2, 0.25) is 10.0 Å². The Kier molecular flexibility index (Phi) is 5.63. The number of aliphatic imine (C=N–C) groups is 1. The summed E-state index contributed by atoms with van der Waals surface area (Å²) in [5.74, 6) is -1.07. The lowest BCUT2D eigenvalue weighted by Crippen LogP contribution is -2.37. The third-order valence-electron chi connectivity index (χ3n) is 4.74. The zero-order chi connectivity index (χ0) is 20.8. The minimum Gasteiger partial charge on any atom is -0.315 e. The number of halogens is 3. The van der Waals surface area contributed by atoms with E-state index in [0.717, 1.165) is 5.56 Å². The molecule has 2 saturated heterocycles. The van der Waals surface area contributed by atoms with Crippen molar-refractivity contribution in [2.75, 3.05) is 16.4 Å². The number of anilines is 1. The van der Waals surface area contributed by atoms with Crippen molar-refractivity contribution in [3.8, 4) is 0 Å². The number of amidine groups is 1. The summed E-state index contributed by atoms with van der Waals surface area (Å²) in [5.41, 5.74) is 1.18. The van der Waals surface area contributed by atoms with Gasteiger partial charge in [-0.05, 0) is 35.9 Å². The molecule has 152 valence electrons. The molecule has 0 saturated carbocycles. The molecule has 0 N–H and O–H groups in total. The Bertz CT molecular complexity index is 1110. The van der Waals surface area contributed by atoms with Crippen molar-refractivity contribution < 1.29 is 17.6 Å². The van der Waals surface area contributed by atoms with Crippen molar-refractivity contribution in [3.05, 3.63) is 63.9 Å². The molecule has 0 spiro atoms. The molecule has 4 rings (SSSR count). The van der Waals surface area contributed by atoms with Crippen LogP contribution in [0.25, 0.3) is 0 Å². The highest BCUT2D eigenvalue weighted by atomic mass is 35.5. The molecule has 0 unspecified atom stereocenters. The first kappa shape index (κ1) is 20.7. The van der Waals surface area contributed by atoms with Gasteiger partial charge >= 0.3 is 0 Å². The number of thioether (sulfide) groups is 1. The van der Waals surface area contributed by atoms with E-state index < -0.39 is 21.7 Å². The number of sulfone groups is 1. The maximum atomic E-state index is 14.0. The van der Waals surface area contributed by atoms with E-state index in [-0.39, 0.29) is 34.1 Å². The number of fused-ring (bicyclic) bond motifs is 1. The van der Waals surface area contributed by atoms with E-state index in [4.69, 9.17) is 23.2 Å². The largest absolute Gasteiger partial charge is 0.315 e. The van der Waals surface area contributed by atoms with Crippen molar-refractivity contribution in [1.82, 2.24) is 0 Å². The summed E-state index contributed by atoms with van der Waals surface area (Å²) in [6, 6.07) is 10.7. The molecule has 2 atom stereocenters. The van der Waals surface area contributed by atoms with Gasteiger partial charge in [-0.2, -0.15) is 4.99 Å². The van der Waals surface area contributed by atoms with Gasteiger partial charge in [0.15, 0.2) is 15.0 Å². The Labute approximate surface area is 181 Å². The summed E-state index contributed by atoms with van der Waals surface area (Å²) in [4.78, 5) is 18.4. The van der Waals surface area contributed by atoms with Crippen LogP contribution >= 0.6 is 35.0 Å². The number of rotatable bonds is 3. The Morgan fingerprint density at radius 1 is 1.17 bits per heavy atom. The number of nitrogens with zero attached hydrogens (tertiary/aromatic N) is 2. The smallest absolute Gasteiger partial charge is 0.252 e. The van der Waals surface area contributed by atoms with Crippen molar-refractivity contribution in [2.45, 2.75) is 17.7 Å². The normalized spacial score (nSPS) is 24.1. The molecule has 2 aliphatic heterocycles. The molecule has 0 aliphatic carbocycles. The molecule has 29 heavy (non-hydrogen) atoms. The Hall–Kier alpha value is -1.61. The van der Waals surface area contributed by atoms with Gasteiger partial charge in [0.25, 0.3) is 5.91 Å². The molecular weight excluding hydrogens is 458 g/mol. The minimum absolute atomic E-state index is 0.000694. The predicted octanol–water partition coefficient (Wildman–Crippen LogP) is 3.98. The molecule has 10 heteroatoms. The highest BCUT2D eigenvalue weighted by Gasteiger charge is 2.49. The highest BCUT2D eigenvalue weighted by Crippen LogP contribution is 2.41. The zero-order valence-electron chi connectivity index (χ0n) is 14.9. The van der Waals surface area contributed by atoms with Crippen molar-refractivity contribution in [2.24, 2.45) is 4.99 Å². The van der Waals surface area contributed by atoms with Gasteiger partial charge in [0, 0.05) is 16.0 Å². The average molecular weight is 473 g/mol. The van der Waals surface area contributed by atoms with Gasteiger partial charge in [0.1, 0.15) is 5.82 Å². The molecule has 2 heterocycles. The van der Waals surface area contributed by atoms with Crippen LogP contribution < -0.4 is 4.90 Å². The number of carbonyl (C=O) groups is 1. The summed E-state index contributed by atoms with van der Waals surface area (Å²) in [6.45, 7) is 0. The summed E-state index contributed by atoms with van der Waals surface area (Å²) in [6.07, 6.45) is 0.0810.